The van der Waals surface area contributed by atoms with Crippen LogP contribution in [0.15, 0.2) is 84.0 Å². The minimum Gasteiger partial charge on any atom is -0.494 e. The van der Waals surface area contributed by atoms with Crippen LogP contribution in [0.4, 0.5) is 5.69 Å². The van der Waals surface area contributed by atoms with Crippen molar-refractivity contribution < 1.29 is 27.5 Å². The van der Waals surface area contributed by atoms with Gasteiger partial charge in [0.05, 0.1) is 30.3 Å². The summed E-state index contributed by atoms with van der Waals surface area (Å²) in [6, 6.07) is 20.5. The molecule has 0 fully saturated rings. The highest BCUT2D eigenvalue weighted by molar-refractivity contribution is 7.92. The molecule has 0 heterocycles. The Kier molecular flexibility index (Phi) is 8.80. The number of hydrogen-bond acceptors (Lipinski definition) is 7. The average Bonchev–Trinajstić information content (AvgIpc) is 2.86. The molecule has 0 aliphatic heterocycles. The van der Waals surface area contributed by atoms with E-state index in [0.717, 1.165) is 10.6 Å². The average molecular weight is 510 g/mol. The highest BCUT2D eigenvalue weighted by Gasteiger charge is 2.29. The van der Waals surface area contributed by atoms with E-state index >= 15 is 0 Å². The Morgan fingerprint density at radius 3 is 2.17 bits per heavy atom. The number of sulfonamides is 1. The van der Waals surface area contributed by atoms with Crippen molar-refractivity contribution in [2.75, 3.05) is 17.2 Å². The normalized spacial score (nSPS) is 12.1. The van der Waals surface area contributed by atoms with Gasteiger partial charge in [-0.3, -0.25) is 9.10 Å². The summed E-state index contributed by atoms with van der Waals surface area (Å²) in [5.74, 6) is -0.129. The van der Waals surface area contributed by atoms with Gasteiger partial charge < -0.3 is 9.47 Å². The van der Waals surface area contributed by atoms with Crippen molar-refractivity contribution in [2.24, 2.45) is 5.10 Å². The van der Waals surface area contributed by atoms with Crippen LogP contribution in [0, 0.1) is 0 Å². The van der Waals surface area contributed by atoms with Gasteiger partial charge in [-0.1, -0.05) is 18.2 Å². The molecule has 0 saturated carbocycles. The highest BCUT2D eigenvalue weighted by atomic mass is 32.2. The number of amides is 1. The Labute approximate surface area is 210 Å². The number of nitrogens with one attached hydrogen (secondary N) is 1. The lowest BCUT2D eigenvalue weighted by Crippen LogP contribution is -2.46. The zero-order valence-electron chi connectivity index (χ0n) is 20.1. The number of hydrogen-bond donors (Lipinski definition) is 1. The van der Waals surface area contributed by atoms with Crippen molar-refractivity contribution in [3.8, 4) is 11.5 Å². The van der Waals surface area contributed by atoms with E-state index in [2.05, 4.69) is 10.5 Å². The van der Waals surface area contributed by atoms with Crippen LogP contribution in [0.2, 0.25) is 0 Å². The molecule has 1 N–H and O–H groups in total. The summed E-state index contributed by atoms with van der Waals surface area (Å²) in [4.78, 5) is 24.8. The number of ether oxygens (including phenoxy) is 2. The molecular weight excluding hydrogens is 482 g/mol. The molecule has 10 heteroatoms. The third kappa shape index (κ3) is 7.16. The van der Waals surface area contributed by atoms with Crippen LogP contribution in [0.1, 0.15) is 29.8 Å². The Bertz CT molecular complexity index is 1310. The molecule has 0 bridgehead atoms. The maximum Gasteiger partial charge on any atom is 0.343 e. The van der Waals surface area contributed by atoms with E-state index in [1.54, 1.807) is 72.8 Å². The summed E-state index contributed by atoms with van der Waals surface area (Å²) >= 11 is 0. The maximum absolute atomic E-state index is 12.7. The molecule has 36 heavy (non-hydrogen) atoms. The first-order valence-electron chi connectivity index (χ1n) is 11.1. The van der Waals surface area contributed by atoms with E-state index in [1.807, 2.05) is 13.0 Å². The third-order valence-corrected chi connectivity index (χ3v) is 6.22. The van der Waals surface area contributed by atoms with Gasteiger partial charge in [0.15, 0.2) is 0 Å². The molecule has 0 unspecified atom stereocenters. The minimum atomic E-state index is -3.76. The summed E-state index contributed by atoms with van der Waals surface area (Å²) in [6.07, 6.45) is 2.43. The van der Waals surface area contributed by atoms with Crippen LogP contribution in [0.25, 0.3) is 0 Å². The van der Waals surface area contributed by atoms with E-state index in [4.69, 9.17) is 9.47 Å². The first-order valence-corrected chi connectivity index (χ1v) is 13.0. The van der Waals surface area contributed by atoms with Gasteiger partial charge in [-0.15, -0.1) is 0 Å². The summed E-state index contributed by atoms with van der Waals surface area (Å²) < 4.78 is 36.6. The molecule has 0 spiro atoms. The molecule has 0 aromatic heterocycles. The number of rotatable bonds is 10. The Balaban J connectivity index is 1.62. The molecule has 3 aromatic carbocycles. The van der Waals surface area contributed by atoms with Gasteiger partial charge in [-0.2, -0.15) is 5.10 Å². The van der Waals surface area contributed by atoms with Crippen molar-refractivity contribution in [2.45, 2.75) is 19.9 Å². The van der Waals surface area contributed by atoms with Gasteiger partial charge in [0, 0.05) is 0 Å². The molecule has 0 saturated heterocycles. The summed E-state index contributed by atoms with van der Waals surface area (Å²) in [6.45, 7) is 3.80. The predicted octanol–water partition coefficient (Wildman–Crippen LogP) is 3.61. The fraction of sp³-hybridized carbons (Fsp3) is 0.192. The second-order valence-electron chi connectivity index (χ2n) is 7.72. The van der Waals surface area contributed by atoms with Gasteiger partial charge in [-0.25, -0.2) is 18.6 Å². The van der Waals surface area contributed by atoms with Crippen LogP contribution < -0.4 is 19.2 Å². The number of carbonyl (C=O) groups is 2. The number of carbonyl (C=O) groups excluding carboxylic acids is 2. The highest BCUT2D eigenvalue weighted by Crippen LogP contribution is 2.24. The van der Waals surface area contributed by atoms with Crippen molar-refractivity contribution in [3.05, 3.63) is 90.0 Å². The summed E-state index contributed by atoms with van der Waals surface area (Å²) in [7, 11) is -3.76. The summed E-state index contributed by atoms with van der Waals surface area (Å²) in [5, 5.41) is 3.92. The number of benzene rings is 3. The first-order chi connectivity index (χ1) is 17.2. The van der Waals surface area contributed by atoms with Crippen molar-refractivity contribution in [1.82, 2.24) is 5.43 Å². The monoisotopic (exact) mass is 509 g/mol. The van der Waals surface area contributed by atoms with Gasteiger partial charge in [0.2, 0.25) is 10.0 Å². The van der Waals surface area contributed by atoms with Crippen molar-refractivity contribution in [3.63, 3.8) is 0 Å². The standard InChI is InChI=1S/C26H27N3O6S/c1-4-34-23-16-12-22(13-17-23)29(36(3,32)33)19(2)25(30)28-27-18-20-10-14-24(15-11-20)35-26(31)21-8-6-5-7-9-21/h5-19H,4H2,1-3H3,(H,28,30)/b27-18-/t19-/m1/s1. The van der Waals surface area contributed by atoms with Gasteiger partial charge in [-0.05, 0) is 80.1 Å². The molecule has 3 aromatic rings. The quantitative estimate of drug-likeness (QED) is 0.193. The molecule has 1 amide bonds. The maximum atomic E-state index is 12.7. The van der Waals surface area contributed by atoms with Crippen LogP contribution in [0.3, 0.4) is 0 Å². The molecule has 188 valence electrons. The zero-order chi connectivity index (χ0) is 26.1. The predicted molar refractivity (Wildman–Crippen MR) is 138 cm³/mol. The molecule has 0 radical (unpaired) electrons. The van der Waals surface area contributed by atoms with Crippen LogP contribution >= 0.6 is 0 Å². The van der Waals surface area contributed by atoms with E-state index < -0.39 is 27.9 Å². The fourth-order valence-electron chi connectivity index (χ4n) is 3.29. The lowest BCUT2D eigenvalue weighted by atomic mass is 10.2. The molecule has 9 nitrogen and oxygen atoms in total. The molecule has 3 rings (SSSR count). The smallest absolute Gasteiger partial charge is 0.343 e. The number of hydrazone groups is 1. The lowest BCUT2D eigenvalue weighted by Gasteiger charge is -2.27. The molecule has 0 aliphatic carbocycles. The molecule has 0 aliphatic rings. The van der Waals surface area contributed by atoms with Crippen molar-refractivity contribution in [1.29, 1.82) is 0 Å². The first kappa shape index (κ1) is 26.4. The van der Waals surface area contributed by atoms with E-state index in [1.165, 1.54) is 13.1 Å². The van der Waals surface area contributed by atoms with Crippen LogP contribution in [-0.2, 0) is 14.8 Å². The molecular formula is C26H27N3O6S. The Morgan fingerprint density at radius 1 is 0.972 bits per heavy atom. The van der Waals surface area contributed by atoms with E-state index in [-0.39, 0.29) is 0 Å². The molecule has 1 atom stereocenters. The van der Waals surface area contributed by atoms with Crippen LogP contribution in [-0.4, -0.2) is 45.4 Å². The van der Waals surface area contributed by atoms with E-state index in [0.29, 0.717) is 34.9 Å². The number of nitrogens with zero attached hydrogens (tertiary/aromatic N) is 2. The SMILES string of the molecule is CCOc1ccc(N([C@H](C)C(=O)N/N=C\c2ccc(OC(=O)c3ccccc3)cc2)S(C)(=O)=O)cc1. The van der Waals surface area contributed by atoms with Crippen molar-refractivity contribution >= 4 is 33.8 Å². The van der Waals surface area contributed by atoms with Gasteiger partial charge in [0.25, 0.3) is 5.91 Å². The Hall–Kier alpha value is -4.18. The second-order valence-corrected chi connectivity index (χ2v) is 9.58. The van der Waals surface area contributed by atoms with Gasteiger partial charge >= 0.3 is 5.97 Å². The topological polar surface area (TPSA) is 114 Å². The minimum absolute atomic E-state index is 0.327. The van der Waals surface area contributed by atoms with E-state index in [9.17, 15) is 18.0 Å². The number of esters is 1. The van der Waals surface area contributed by atoms with Crippen LogP contribution in [0.5, 0.6) is 11.5 Å². The number of anilines is 1. The largest absolute Gasteiger partial charge is 0.494 e. The fourth-order valence-corrected chi connectivity index (χ4v) is 4.47. The lowest BCUT2D eigenvalue weighted by molar-refractivity contribution is -0.121. The zero-order valence-corrected chi connectivity index (χ0v) is 20.9. The second kappa shape index (κ2) is 12.0. The Morgan fingerprint density at radius 2 is 1.58 bits per heavy atom. The summed E-state index contributed by atoms with van der Waals surface area (Å²) in [5.41, 5.74) is 3.77. The third-order valence-electron chi connectivity index (χ3n) is 4.98. The van der Waals surface area contributed by atoms with Gasteiger partial charge in [0.1, 0.15) is 17.5 Å².